The number of alkyl halides is 3. The Morgan fingerprint density at radius 2 is 1.14 bits per heavy atom. The zero-order valence-corrected chi connectivity index (χ0v) is 14.0. The van der Waals surface area contributed by atoms with Crippen LogP contribution in [0.2, 0.25) is 0 Å². The molecule has 126 valence electrons. The predicted octanol–water partition coefficient (Wildman–Crippen LogP) is 6.51. The highest BCUT2D eigenvalue weighted by Crippen LogP contribution is 2.23. The third kappa shape index (κ3) is 19.8. The van der Waals surface area contributed by atoms with Crippen LogP contribution in [-0.2, 0) is 4.79 Å². The van der Waals surface area contributed by atoms with Gasteiger partial charge in [0, 0.05) is 19.1 Å². The maximum Gasteiger partial charge on any atom is 0.389 e. The number of hydrogen-bond donors (Lipinski definition) is 0. The highest BCUT2D eigenvalue weighted by molar-refractivity contribution is 8.13. The minimum atomic E-state index is -3.98. The van der Waals surface area contributed by atoms with E-state index in [4.69, 9.17) is 0 Å². The first-order valence-electron chi connectivity index (χ1n) is 8.12. The van der Waals surface area contributed by atoms with Gasteiger partial charge in [0.2, 0.25) is 0 Å². The lowest BCUT2D eigenvalue weighted by molar-refractivity contribution is -0.135. The minimum Gasteiger partial charge on any atom is -0.288 e. The predicted molar refractivity (Wildman–Crippen MR) is 84.6 cm³/mol. The van der Waals surface area contributed by atoms with E-state index in [-0.39, 0.29) is 11.5 Å². The van der Waals surface area contributed by atoms with E-state index in [0.717, 1.165) is 31.4 Å². The zero-order chi connectivity index (χ0) is 16.0. The molecule has 0 aromatic heterocycles. The van der Waals surface area contributed by atoms with Crippen LogP contribution in [0.3, 0.4) is 0 Å². The molecule has 0 spiro atoms. The van der Waals surface area contributed by atoms with Crippen molar-refractivity contribution in [3.8, 4) is 0 Å². The second-order valence-electron chi connectivity index (χ2n) is 5.59. The van der Waals surface area contributed by atoms with Crippen LogP contribution in [0.1, 0.15) is 84.0 Å². The minimum absolute atomic E-state index is 0.199. The quantitative estimate of drug-likeness (QED) is 0.359. The van der Waals surface area contributed by atoms with Gasteiger partial charge in [-0.3, -0.25) is 4.79 Å². The number of hydrogen-bond acceptors (Lipinski definition) is 2. The number of carbonyl (C=O) groups is 1. The fraction of sp³-hybridized carbons (Fsp3) is 0.938. The monoisotopic (exact) mass is 326 g/mol. The fourth-order valence-corrected chi connectivity index (χ4v) is 2.87. The molecule has 0 atom stereocenters. The SMILES string of the molecule is CC(=O)SCCCCCCCCCCCCCC(F)(F)F. The summed E-state index contributed by atoms with van der Waals surface area (Å²) >= 11 is 1.40. The Bertz CT molecular complexity index is 254. The summed E-state index contributed by atoms with van der Waals surface area (Å²) in [4.78, 5) is 10.7. The molecule has 0 rings (SSSR count). The fourth-order valence-electron chi connectivity index (χ4n) is 2.23. The molecule has 0 bridgehead atoms. The molecule has 5 heteroatoms. The van der Waals surface area contributed by atoms with E-state index in [0.29, 0.717) is 6.42 Å². The summed E-state index contributed by atoms with van der Waals surface area (Å²) in [5, 5.41) is 0.199. The van der Waals surface area contributed by atoms with E-state index in [2.05, 4.69) is 0 Å². The maximum atomic E-state index is 11.9. The molecular weight excluding hydrogens is 297 g/mol. The number of rotatable bonds is 13. The van der Waals surface area contributed by atoms with Gasteiger partial charge in [-0.05, 0) is 12.8 Å². The van der Waals surface area contributed by atoms with Crippen molar-refractivity contribution in [2.24, 2.45) is 0 Å². The van der Waals surface area contributed by atoms with E-state index < -0.39 is 12.6 Å². The largest absolute Gasteiger partial charge is 0.389 e. The maximum absolute atomic E-state index is 11.9. The first kappa shape index (κ1) is 20.8. The van der Waals surface area contributed by atoms with E-state index in [1.165, 1.54) is 43.9 Å². The molecule has 0 amide bonds. The highest BCUT2D eigenvalue weighted by Gasteiger charge is 2.25. The Morgan fingerprint density at radius 3 is 1.52 bits per heavy atom. The third-order valence-corrected chi connectivity index (χ3v) is 4.31. The van der Waals surface area contributed by atoms with Crippen LogP contribution in [0.25, 0.3) is 0 Å². The van der Waals surface area contributed by atoms with Gasteiger partial charge in [0.25, 0.3) is 0 Å². The molecule has 21 heavy (non-hydrogen) atoms. The smallest absolute Gasteiger partial charge is 0.288 e. The number of thioether (sulfide) groups is 1. The topological polar surface area (TPSA) is 17.1 Å². The number of unbranched alkanes of at least 4 members (excludes halogenated alkanes) is 10. The summed E-state index contributed by atoms with van der Waals surface area (Å²) in [5.74, 6) is 0.938. The normalized spacial score (nSPS) is 11.8. The van der Waals surface area contributed by atoms with Crippen LogP contribution < -0.4 is 0 Å². The van der Waals surface area contributed by atoms with Crippen molar-refractivity contribution in [2.45, 2.75) is 90.1 Å². The molecule has 0 heterocycles. The summed E-state index contributed by atoms with van der Waals surface area (Å²) in [7, 11) is 0. The molecule has 0 aromatic carbocycles. The summed E-state index contributed by atoms with van der Waals surface area (Å²) in [5.41, 5.74) is 0. The highest BCUT2D eigenvalue weighted by atomic mass is 32.2. The van der Waals surface area contributed by atoms with E-state index >= 15 is 0 Å². The van der Waals surface area contributed by atoms with Gasteiger partial charge >= 0.3 is 6.18 Å². The Hall–Kier alpha value is -0.190. The lowest BCUT2D eigenvalue weighted by Crippen LogP contribution is -2.06. The van der Waals surface area contributed by atoms with Gasteiger partial charge < -0.3 is 0 Å². The lowest BCUT2D eigenvalue weighted by Gasteiger charge is -2.05. The average molecular weight is 326 g/mol. The zero-order valence-electron chi connectivity index (χ0n) is 13.1. The van der Waals surface area contributed by atoms with Crippen LogP contribution in [0.5, 0.6) is 0 Å². The van der Waals surface area contributed by atoms with Gasteiger partial charge in [0.05, 0.1) is 0 Å². The first-order chi connectivity index (χ1) is 9.92. The molecule has 0 saturated carbocycles. The lowest BCUT2D eigenvalue weighted by atomic mass is 10.1. The second-order valence-corrected chi connectivity index (χ2v) is 6.87. The van der Waals surface area contributed by atoms with Crippen molar-refractivity contribution in [3.63, 3.8) is 0 Å². The van der Waals surface area contributed by atoms with Crippen molar-refractivity contribution in [2.75, 3.05) is 5.75 Å². The molecule has 0 radical (unpaired) electrons. The van der Waals surface area contributed by atoms with Crippen LogP contribution in [0.4, 0.5) is 13.2 Å². The van der Waals surface area contributed by atoms with Crippen molar-refractivity contribution in [1.82, 2.24) is 0 Å². The molecule has 0 unspecified atom stereocenters. The third-order valence-electron chi connectivity index (χ3n) is 3.41. The number of carbonyl (C=O) groups excluding carboxylic acids is 1. The van der Waals surface area contributed by atoms with Gasteiger partial charge in [-0.25, -0.2) is 0 Å². The second kappa shape index (κ2) is 13.5. The molecule has 0 aliphatic carbocycles. The van der Waals surface area contributed by atoms with Gasteiger partial charge in [0.15, 0.2) is 5.12 Å². The summed E-state index contributed by atoms with van der Waals surface area (Å²) < 4.78 is 35.7. The van der Waals surface area contributed by atoms with Gasteiger partial charge in [-0.2, -0.15) is 13.2 Å². The number of halogens is 3. The van der Waals surface area contributed by atoms with Crippen LogP contribution in [-0.4, -0.2) is 17.0 Å². The standard InChI is InChI=1S/C16H29F3OS/c1-15(20)21-14-12-10-8-6-4-2-3-5-7-9-11-13-16(17,18)19/h2-14H2,1H3. The Balaban J connectivity index is 3.04. The van der Waals surface area contributed by atoms with Crippen molar-refractivity contribution in [1.29, 1.82) is 0 Å². The molecule has 0 saturated heterocycles. The molecule has 0 aliphatic heterocycles. The van der Waals surface area contributed by atoms with E-state index in [1.54, 1.807) is 6.92 Å². The van der Waals surface area contributed by atoms with Crippen LogP contribution in [0, 0.1) is 0 Å². The Kier molecular flexibility index (Phi) is 13.3. The summed E-state index contributed by atoms with van der Waals surface area (Å²) in [6.07, 6.45) is 6.69. The summed E-state index contributed by atoms with van der Waals surface area (Å²) in [6, 6.07) is 0. The van der Waals surface area contributed by atoms with Crippen LogP contribution >= 0.6 is 11.8 Å². The molecule has 0 N–H and O–H groups in total. The summed E-state index contributed by atoms with van der Waals surface area (Å²) in [6.45, 7) is 1.60. The van der Waals surface area contributed by atoms with E-state index in [1.807, 2.05) is 0 Å². The van der Waals surface area contributed by atoms with Crippen molar-refractivity contribution < 1.29 is 18.0 Å². The van der Waals surface area contributed by atoms with Crippen molar-refractivity contribution in [3.05, 3.63) is 0 Å². The average Bonchev–Trinajstić information content (AvgIpc) is 2.37. The first-order valence-corrected chi connectivity index (χ1v) is 9.10. The molecule has 0 fully saturated rings. The molecule has 0 aromatic rings. The Labute approximate surface area is 131 Å². The molecule has 1 nitrogen and oxygen atoms in total. The van der Waals surface area contributed by atoms with Gasteiger partial charge in [-0.15, -0.1) is 0 Å². The van der Waals surface area contributed by atoms with Gasteiger partial charge in [0.1, 0.15) is 0 Å². The van der Waals surface area contributed by atoms with Crippen LogP contribution in [0.15, 0.2) is 0 Å². The van der Waals surface area contributed by atoms with E-state index in [9.17, 15) is 18.0 Å². The van der Waals surface area contributed by atoms with Crippen molar-refractivity contribution >= 4 is 16.9 Å². The van der Waals surface area contributed by atoms with Gasteiger partial charge in [-0.1, -0.05) is 69.5 Å². The molecular formula is C16H29F3OS. The molecule has 0 aliphatic rings. The Morgan fingerprint density at radius 1 is 0.762 bits per heavy atom.